The van der Waals surface area contributed by atoms with Crippen molar-refractivity contribution in [3.05, 3.63) is 23.7 Å². The van der Waals surface area contributed by atoms with Crippen molar-refractivity contribution < 1.29 is 17.9 Å². The average molecular weight is 257 g/mol. The first kappa shape index (κ1) is 11.6. The summed E-state index contributed by atoms with van der Waals surface area (Å²) in [4.78, 5) is 11.6. The highest BCUT2D eigenvalue weighted by atomic mass is 32.2. The van der Waals surface area contributed by atoms with Gasteiger partial charge in [-0.25, -0.2) is 17.8 Å². The lowest BCUT2D eigenvalue weighted by molar-refractivity contribution is 0.0976. The molecule has 17 heavy (non-hydrogen) atoms. The zero-order valence-corrected chi connectivity index (χ0v) is 9.74. The average Bonchev–Trinajstić information content (AvgIpc) is 2.72. The van der Waals surface area contributed by atoms with Gasteiger partial charge in [-0.3, -0.25) is 4.79 Å². The Morgan fingerprint density at radius 3 is 3.06 bits per heavy atom. The zero-order valence-electron chi connectivity index (χ0n) is 8.92. The Morgan fingerprint density at radius 1 is 1.65 bits per heavy atom. The van der Waals surface area contributed by atoms with Crippen molar-refractivity contribution in [2.45, 2.75) is 13.0 Å². The van der Waals surface area contributed by atoms with E-state index in [0.717, 1.165) is 6.42 Å². The fraction of sp³-hybridized carbons (Fsp3) is 0.333. The highest BCUT2D eigenvalue weighted by Gasteiger charge is 2.20. The lowest BCUT2D eigenvalue weighted by Gasteiger charge is -2.13. The van der Waals surface area contributed by atoms with Crippen LogP contribution in [0.3, 0.4) is 0 Å². The molecule has 1 N–H and O–H groups in total. The summed E-state index contributed by atoms with van der Waals surface area (Å²) in [5.41, 5.74) is 0.00678. The minimum Gasteiger partial charge on any atom is -0.478 e. The zero-order chi connectivity index (χ0) is 12.5. The molecule has 0 radical (unpaired) electrons. The van der Waals surface area contributed by atoms with Gasteiger partial charge in [0.05, 0.1) is 6.61 Å². The van der Waals surface area contributed by atoms with Crippen LogP contribution < -0.4 is 9.46 Å². The Balaban J connectivity index is 2.20. The third kappa shape index (κ3) is 2.47. The summed E-state index contributed by atoms with van der Waals surface area (Å²) in [7, 11) is -3.79. The number of aromatic nitrogens is 2. The Morgan fingerprint density at radius 2 is 2.41 bits per heavy atom. The van der Waals surface area contributed by atoms with Crippen molar-refractivity contribution in [2.75, 3.05) is 6.61 Å². The molecule has 1 aliphatic rings. The molecule has 1 aromatic rings. The van der Waals surface area contributed by atoms with Crippen LogP contribution in [-0.2, 0) is 16.6 Å². The van der Waals surface area contributed by atoms with E-state index in [4.69, 9.17) is 4.74 Å². The van der Waals surface area contributed by atoms with Crippen molar-refractivity contribution >= 4 is 15.9 Å². The highest BCUT2D eigenvalue weighted by molar-refractivity contribution is 7.92. The molecule has 2 heterocycles. The summed E-state index contributed by atoms with van der Waals surface area (Å²) in [6.07, 6.45) is 0.806. The first-order chi connectivity index (χ1) is 8.02. The topological polar surface area (TPSA) is 90.3 Å². The SMILES string of the molecule is C=CS(=O)(=O)NC(=O)c1cc2n(n1)CCCO2. The predicted octanol–water partition coefficient (Wildman–Crippen LogP) is -0.131. The number of fused-ring (bicyclic) bond motifs is 1. The van der Waals surface area contributed by atoms with Crippen molar-refractivity contribution in [1.29, 1.82) is 0 Å². The van der Waals surface area contributed by atoms with Gasteiger partial charge in [-0.2, -0.15) is 5.10 Å². The lowest BCUT2D eigenvalue weighted by atomic mass is 10.4. The summed E-state index contributed by atoms with van der Waals surface area (Å²) < 4.78 is 30.8. The van der Waals surface area contributed by atoms with Crippen LogP contribution in [0.5, 0.6) is 5.88 Å². The minimum atomic E-state index is -3.79. The van der Waals surface area contributed by atoms with Crippen LogP contribution in [0.4, 0.5) is 0 Å². The van der Waals surface area contributed by atoms with Crippen LogP contribution >= 0.6 is 0 Å². The van der Waals surface area contributed by atoms with Gasteiger partial charge >= 0.3 is 0 Å². The molecule has 0 spiro atoms. The first-order valence-corrected chi connectivity index (χ1v) is 6.47. The maximum Gasteiger partial charge on any atom is 0.285 e. The molecule has 8 heteroatoms. The smallest absolute Gasteiger partial charge is 0.285 e. The number of hydrogen-bond acceptors (Lipinski definition) is 5. The van der Waals surface area contributed by atoms with Gasteiger partial charge in [0, 0.05) is 24.4 Å². The molecule has 0 bridgehead atoms. The molecule has 2 rings (SSSR count). The van der Waals surface area contributed by atoms with E-state index in [1.165, 1.54) is 10.7 Å². The third-order valence-electron chi connectivity index (χ3n) is 2.19. The molecule has 0 fully saturated rings. The molecule has 0 aromatic carbocycles. The van der Waals surface area contributed by atoms with Gasteiger partial charge in [-0.05, 0) is 0 Å². The standard InChI is InChI=1S/C9H11N3O4S/c1-2-17(14,15)11-9(13)7-6-8-12(10-7)4-3-5-16-8/h2,6H,1,3-5H2,(H,11,13). The molecule has 1 amide bonds. The van der Waals surface area contributed by atoms with Crippen LogP contribution in [0.2, 0.25) is 0 Å². The molecule has 0 aliphatic carbocycles. The Kier molecular flexibility index (Phi) is 2.88. The molecule has 1 aliphatic heterocycles. The number of hydrogen-bond donors (Lipinski definition) is 1. The van der Waals surface area contributed by atoms with E-state index in [-0.39, 0.29) is 5.69 Å². The maximum absolute atomic E-state index is 11.6. The van der Waals surface area contributed by atoms with Crippen LogP contribution in [-0.4, -0.2) is 30.7 Å². The van der Waals surface area contributed by atoms with Gasteiger partial charge < -0.3 is 4.74 Å². The lowest BCUT2D eigenvalue weighted by Crippen LogP contribution is -2.29. The number of carbonyl (C=O) groups excluding carboxylic acids is 1. The summed E-state index contributed by atoms with van der Waals surface area (Å²) in [6.45, 7) is 4.31. The summed E-state index contributed by atoms with van der Waals surface area (Å²) >= 11 is 0. The van der Waals surface area contributed by atoms with E-state index in [9.17, 15) is 13.2 Å². The van der Waals surface area contributed by atoms with Gasteiger partial charge in [0.2, 0.25) is 5.88 Å². The molecule has 0 saturated heterocycles. The van der Waals surface area contributed by atoms with E-state index < -0.39 is 15.9 Å². The molecule has 0 saturated carbocycles. The van der Waals surface area contributed by atoms with Crippen LogP contribution in [0.25, 0.3) is 0 Å². The minimum absolute atomic E-state index is 0.00678. The second-order valence-corrected chi connectivity index (χ2v) is 5.06. The number of amides is 1. The van der Waals surface area contributed by atoms with Gasteiger partial charge in [0.1, 0.15) is 0 Å². The molecule has 7 nitrogen and oxygen atoms in total. The van der Waals surface area contributed by atoms with E-state index in [1.807, 2.05) is 4.72 Å². The molecule has 0 unspecified atom stereocenters. The van der Waals surface area contributed by atoms with Gasteiger partial charge in [0.15, 0.2) is 5.69 Å². The summed E-state index contributed by atoms with van der Waals surface area (Å²) in [6, 6.07) is 1.41. The number of nitrogens with zero attached hydrogens (tertiary/aromatic N) is 2. The van der Waals surface area contributed by atoms with Crippen molar-refractivity contribution in [1.82, 2.24) is 14.5 Å². The number of ether oxygens (including phenoxy) is 1. The van der Waals surface area contributed by atoms with Gasteiger partial charge in [-0.15, -0.1) is 0 Å². The first-order valence-electron chi connectivity index (χ1n) is 4.92. The fourth-order valence-electron chi connectivity index (χ4n) is 1.40. The van der Waals surface area contributed by atoms with E-state index in [2.05, 4.69) is 11.7 Å². The number of nitrogens with one attached hydrogen (secondary N) is 1. The Labute approximate surface area is 98.1 Å². The monoisotopic (exact) mass is 257 g/mol. The third-order valence-corrected chi connectivity index (χ3v) is 3.10. The highest BCUT2D eigenvalue weighted by Crippen LogP contribution is 2.18. The van der Waals surface area contributed by atoms with Gasteiger partial charge in [0.25, 0.3) is 15.9 Å². The largest absolute Gasteiger partial charge is 0.478 e. The molecular formula is C9H11N3O4S. The van der Waals surface area contributed by atoms with Crippen molar-refractivity contribution in [2.24, 2.45) is 0 Å². The van der Waals surface area contributed by atoms with E-state index in [1.54, 1.807) is 0 Å². The quantitative estimate of drug-likeness (QED) is 0.814. The Hall–Kier alpha value is -1.83. The molecule has 92 valence electrons. The normalized spacial score (nSPS) is 14.6. The summed E-state index contributed by atoms with van der Waals surface area (Å²) in [5, 5.41) is 4.61. The molecular weight excluding hydrogens is 246 g/mol. The van der Waals surface area contributed by atoms with Crippen molar-refractivity contribution in [3.63, 3.8) is 0 Å². The van der Waals surface area contributed by atoms with Crippen LogP contribution in [0, 0.1) is 0 Å². The number of sulfonamides is 1. The number of rotatable bonds is 3. The molecule has 0 atom stereocenters. The summed E-state index contributed by atoms with van der Waals surface area (Å²) in [5.74, 6) is -0.326. The number of aryl methyl sites for hydroxylation is 1. The Bertz CT molecular complexity index is 537. The number of carbonyl (C=O) groups is 1. The van der Waals surface area contributed by atoms with Gasteiger partial charge in [-0.1, -0.05) is 6.58 Å². The molecule has 1 aromatic heterocycles. The van der Waals surface area contributed by atoms with Crippen LogP contribution in [0.15, 0.2) is 18.1 Å². The second-order valence-electron chi connectivity index (χ2n) is 3.44. The maximum atomic E-state index is 11.6. The van der Waals surface area contributed by atoms with E-state index >= 15 is 0 Å². The fourth-order valence-corrected chi connectivity index (χ4v) is 1.85. The second kappa shape index (κ2) is 4.21. The van der Waals surface area contributed by atoms with Crippen LogP contribution in [0.1, 0.15) is 16.9 Å². The van der Waals surface area contributed by atoms with E-state index in [0.29, 0.717) is 24.4 Å². The van der Waals surface area contributed by atoms with Crippen molar-refractivity contribution in [3.8, 4) is 5.88 Å². The predicted molar refractivity (Wildman–Crippen MR) is 58.9 cm³/mol.